The van der Waals surface area contributed by atoms with Crippen LogP contribution < -0.4 is 10.6 Å². The highest BCUT2D eigenvalue weighted by molar-refractivity contribution is 6.10. The number of rotatable bonds is 4. The molecule has 1 aliphatic carbocycles. The molecule has 0 aromatic heterocycles. The van der Waals surface area contributed by atoms with Gasteiger partial charge in [-0.25, -0.2) is 8.78 Å². The number of nitrogens with one attached hydrogen (secondary N) is 2. The van der Waals surface area contributed by atoms with Gasteiger partial charge in [-0.2, -0.15) is 0 Å². The smallest absolute Gasteiger partial charge is 0.254 e. The highest BCUT2D eigenvalue weighted by atomic mass is 19.1. The summed E-state index contributed by atoms with van der Waals surface area (Å²) in [5, 5.41) is 6.07. The zero-order chi connectivity index (χ0) is 24.5. The summed E-state index contributed by atoms with van der Waals surface area (Å²) in [6.07, 6.45) is 0.943. The summed E-state index contributed by atoms with van der Waals surface area (Å²) in [5.41, 5.74) is 4.31. The lowest BCUT2D eigenvalue weighted by Crippen LogP contribution is -2.37. The fourth-order valence-corrected chi connectivity index (χ4v) is 5.05. The highest BCUT2D eigenvalue weighted by Crippen LogP contribution is 2.45. The summed E-state index contributed by atoms with van der Waals surface area (Å²) >= 11 is 0. The van der Waals surface area contributed by atoms with Gasteiger partial charge in [0.1, 0.15) is 11.6 Å². The Bertz CT molecular complexity index is 1360. The molecular formula is C29H24F2N2O2. The highest BCUT2D eigenvalue weighted by Gasteiger charge is 2.40. The van der Waals surface area contributed by atoms with E-state index < -0.39 is 23.5 Å². The average molecular weight is 471 g/mol. The molecule has 0 saturated heterocycles. The SMILES string of the molecule is CC1=C(C(=O)Nc2cccc(F)c2)[C@H](c2ccc(F)cc2)C2=C(C[C@H](c3ccccc3)CC2=O)N1. The molecule has 35 heavy (non-hydrogen) atoms. The number of anilines is 1. The molecule has 3 aromatic carbocycles. The Hall–Kier alpha value is -4.06. The lowest BCUT2D eigenvalue weighted by Gasteiger charge is -2.37. The molecule has 0 fully saturated rings. The Morgan fingerprint density at radius 2 is 1.63 bits per heavy atom. The first-order valence-electron chi connectivity index (χ1n) is 11.5. The van der Waals surface area contributed by atoms with Crippen LogP contribution in [-0.2, 0) is 9.59 Å². The second-order valence-electron chi connectivity index (χ2n) is 8.94. The van der Waals surface area contributed by atoms with Gasteiger partial charge >= 0.3 is 0 Å². The van der Waals surface area contributed by atoms with Gasteiger partial charge in [0.15, 0.2) is 5.78 Å². The lowest BCUT2D eigenvalue weighted by molar-refractivity contribution is -0.116. The van der Waals surface area contributed by atoms with E-state index in [1.165, 1.54) is 30.3 Å². The molecule has 0 radical (unpaired) electrons. The Labute approximate surface area is 202 Å². The number of hydrogen-bond acceptors (Lipinski definition) is 3. The van der Waals surface area contributed by atoms with Crippen LogP contribution in [0.25, 0.3) is 0 Å². The standard InChI is InChI=1S/C29H24F2N2O2/c1-17-26(29(35)33-23-9-5-8-22(31)16-23)27(19-10-12-21(30)13-11-19)28-24(32-17)14-20(15-25(28)34)18-6-3-2-4-7-18/h2-13,16,20,27,32H,14-15H2,1H3,(H,33,35)/t20-,27-/m0/s1. The van der Waals surface area contributed by atoms with Crippen LogP contribution in [0.15, 0.2) is 101 Å². The fourth-order valence-electron chi connectivity index (χ4n) is 5.05. The van der Waals surface area contributed by atoms with Gasteiger partial charge in [0.05, 0.1) is 0 Å². The van der Waals surface area contributed by atoms with E-state index in [1.54, 1.807) is 25.1 Å². The molecule has 0 unspecified atom stereocenters. The molecule has 0 spiro atoms. The van der Waals surface area contributed by atoms with Crippen LogP contribution in [-0.4, -0.2) is 11.7 Å². The number of carbonyl (C=O) groups excluding carboxylic acids is 2. The van der Waals surface area contributed by atoms with Crippen molar-refractivity contribution in [3.8, 4) is 0 Å². The largest absolute Gasteiger partial charge is 0.362 e. The lowest BCUT2D eigenvalue weighted by atomic mass is 9.71. The number of Topliss-reactive ketones (excluding diaryl/α,β-unsaturated/α-hetero) is 1. The Kier molecular flexibility index (Phi) is 6.03. The summed E-state index contributed by atoms with van der Waals surface area (Å²) in [6.45, 7) is 1.79. The summed E-state index contributed by atoms with van der Waals surface area (Å²) in [7, 11) is 0. The topological polar surface area (TPSA) is 58.2 Å². The third-order valence-electron chi connectivity index (χ3n) is 6.63. The normalized spacial score (nSPS) is 19.8. The van der Waals surface area contributed by atoms with Crippen molar-refractivity contribution in [2.45, 2.75) is 31.6 Å². The van der Waals surface area contributed by atoms with E-state index in [0.29, 0.717) is 40.9 Å². The van der Waals surface area contributed by atoms with Crippen LogP contribution in [0.3, 0.4) is 0 Å². The van der Waals surface area contributed by atoms with Gasteiger partial charge in [0.25, 0.3) is 5.91 Å². The van der Waals surface area contributed by atoms with Crippen molar-refractivity contribution < 1.29 is 18.4 Å². The van der Waals surface area contributed by atoms with E-state index in [4.69, 9.17) is 0 Å². The van der Waals surface area contributed by atoms with Gasteiger partial charge in [-0.15, -0.1) is 0 Å². The van der Waals surface area contributed by atoms with Crippen molar-refractivity contribution in [2.75, 3.05) is 5.32 Å². The minimum Gasteiger partial charge on any atom is -0.362 e. The zero-order valence-corrected chi connectivity index (χ0v) is 19.1. The Morgan fingerprint density at radius 1 is 0.886 bits per heavy atom. The van der Waals surface area contributed by atoms with Gasteiger partial charge in [0, 0.05) is 40.6 Å². The fraction of sp³-hybridized carbons (Fsp3) is 0.172. The molecule has 2 atom stereocenters. The second kappa shape index (κ2) is 9.29. The van der Waals surface area contributed by atoms with Crippen LogP contribution in [0, 0.1) is 11.6 Å². The molecule has 5 rings (SSSR count). The first kappa shape index (κ1) is 22.7. The molecule has 3 aromatic rings. The summed E-state index contributed by atoms with van der Waals surface area (Å²) < 4.78 is 27.4. The van der Waals surface area contributed by atoms with E-state index in [-0.39, 0.29) is 11.7 Å². The third-order valence-corrected chi connectivity index (χ3v) is 6.63. The quantitative estimate of drug-likeness (QED) is 0.494. The zero-order valence-electron chi connectivity index (χ0n) is 19.1. The van der Waals surface area contributed by atoms with Crippen LogP contribution in [0.1, 0.15) is 42.7 Å². The van der Waals surface area contributed by atoms with Crippen LogP contribution in [0.5, 0.6) is 0 Å². The van der Waals surface area contributed by atoms with Crippen LogP contribution >= 0.6 is 0 Å². The number of amides is 1. The molecule has 176 valence electrons. The average Bonchev–Trinajstić information content (AvgIpc) is 2.84. The van der Waals surface area contributed by atoms with E-state index in [2.05, 4.69) is 10.6 Å². The monoisotopic (exact) mass is 470 g/mol. The van der Waals surface area contributed by atoms with Crippen molar-refractivity contribution >= 4 is 17.4 Å². The number of allylic oxidation sites excluding steroid dienone is 3. The van der Waals surface area contributed by atoms with Crippen LogP contribution in [0.4, 0.5) is 14.5 Å². The molecular weight excluding hydrogens is 446 g/mol. The first-order chi connectivity index (χ1) is 16.9. The minimum absolute atomic E-state index is 0.0271. The number of carbonyl (C=O) groups is 2. The predicted octanol–water partition coefficient (Wildman–Crippen LogP) is 5.97. The maximum absolute atomic E-state index is 13.7. The molecule has 2 aliphatic rings. The number of benzene rings is 3. The molecule has 4 nitrogen and oxygen atoms in total. The number of halogens is 2. The molecule has 1 heterocycles. The van der Waals surface area contributed by atoms with Crippen LogP contribution in [0.2, 0.25) is 0 Å². The van der Waals surface area contributed by atoms with Gasteiger partial charge < -0.3 is 10.6 Å². The van der Waals surface area contributed by atoms with Crippen molar-refractivity contribution in [3.63, 3.8) is 0 Å². The van der Waals surface area contributed by atoms with E-state index in [9.17, 15) is 18.4 Å². The molecule has 0 saturated carbocycles. The maximum Gasteiger partial charge on any atom is 0.254 e. The number of dihydropyridines is 1. The van der Waals surface area contributed by atoms with Crippen molar-refractivity contribution in [3.05, 3.63) is 124 Å². The number of ketones is 1. The summed E-state index contributed by atoms with van der Waals surface area (Å²) in [4.78, 5) is 27.0. The van der Waals surface area contributed by atoms with Gasteiger partial charge in [-0.1, -0.05) is 48.5 Å². The molecule has 6 heteroatoms. The third kappa shape index (κ3) is 4.52. The van der Waals surface area contributed by atoms with Gasteiger partial charge in [-0.3, -0.25) is 9.59 Å². The van der Waals surface area contributed by atoms with E-state index in [1.807, 2.05) is 30.3 Å². The van der Waals surface area contributed by atoms with Crippen molar-refractivity contribution in [2.24, 2.45) is 0 Å². The van der Waals surface area contributed by atoms with Crippen molar-refractivity contribution in [1.29, 1.82) is 0 Å². The van der Waals surface area contributed by atoms with E-state index in [0.717, 1.165) is 11.3 Å². The summed E-state index contributed by atoms with van der Waals surface area (Å²) in [6, 6.07) is 21.4. The Balaban J connectivity index is 1.56. The minimum atomic E-state index is -0.662. The molecule has 1 aliphatic heterocycles. The maximum atomic E-state index is 13.7. The Morgan fingerprint density at radius 3 is 2.34 bits per heavy atom. The van der Waals surface area contributed by atoms with Crippen molar-refractivity contribution in [1.82, 2.24) is 5.32 Å². The summed E-state index contributed by atoms with van der Waals surface area (Å²) in [5.74, 6) is -2.00. The molecule has 0 bridgehead atoms. The van der Waals surface area contributed by atoms with E-state index >= 15 is 0 Å². The predicted molar refractivity (Wildman–Crippen MR) is 130 cm³/mol. The number of hydrogen-bond donors (Lipinski definition) is 2. The molecule has 1 amide bonds. The van der Waals surface area contributed by atoms with Gasteiger partial charge in [0.2, 0.25) is 0 Å². The second-order valence-corrected chi connectivity index (χ2v) is 8.94. The van der Waals surface area contributed by atoms with Gasteiger partial charge in [-0.05, 0) is 60.7 Å². The first-order valence-corrected chi connectivity index (χ1v) is 11.5. The molecule has 2 N–H and O–H groups in total.